The van der Waals surface area contributed by atoms with E-state index >= 15 is 0 Å². The summed E-state index contributed by atoms with van der Waals surface area (Å²) in [6, 6.07) is 0. The van der Waals surface area contributed by atoms with Crippen molar-refractivity contribution in [2.45, 2.75) is 30.7 Å². The van der Waals surface area contributed by atoms with Gasteiger partial charge in [-0.05, 0) is 0 Å². The Morgan fingerprint density at radius 1 is 1.18 bits per heavy atom. The van der Waals surface area contributed by atoms with Crippen molar-refractivity contribution in [1.82, 2.24) is 0 Å². The Labute approximate surface area is 119 Å². The van der Waals surface area contributed by atoms with Crippen molar-refractivity contribution in [3.63, 3.8) is 0 Å². The minimum Gasteiger partial charge on any atom is -0.790 e. The van der Waals surface area contributed by atoms with Crippen LogP contribution in [-0.4, -0.2) is 57.7 Å². The SMILES string of the molecule is O=P([O-])([O-])O[C@H]1O[C@H](CO)[C@@H](O)[C@H](O)[C@H]1O.[Na+]. The van der Waals surface area contributed by atoms with Crippen molar-refractivity contribution in [1.29, 1.82) is 0 Å². The van der Waals surface area contributed by atoms with Crippen LogP contribution in [0.3, 0.4) is 0 Å². The Hall–Kier alpha value is 0.910. The maximum atomic E-state index is 10.3. The number of phosphoric acid groups is 1. The van der Waals surface area contributed by atoms with Crippen molar-refractivity contribution in [3.05, 3.63) is 0 Å². The van der Waals surface area contributed by atoms with Crippen LogP contribution in [0.5, 0.6) is 0 Å². The first-order valence-corrected chi connectivity index (χ1v) is 5.73. The molecule has 0 unspecified atom stereocenters. The molecule has 9 nitrogen and oxygen atoms in total. The van der Waals surface area contributed by atoms with Gasteiger partial charge in [0.1, 0.15) is 24.4 Å². The van der Waals surface area contributed by atoms with Gasteiger partial charge in [0.2, 0.25) is 0 Å². The molecule has 0 amide bonds. The summed E-state index contributed by atoms with van der Waals surface area (Å²) in [7, 11) is -5.41. The molecule has 1 aliphatic heterocycles. The number of rotatable bonds is 3. The number of phosphoric ester groups is 1. The smallest absolute Gasteiger partial charge is 0.790 e. The predicted octanol–water partition coefficient (Wildman–Crippen LogP) is -7.36. The first-order chi connectivity index (χ1) is 7.26. The maximum absolute atomic E-state index is 10.3. The van der Waals surface area contributed by atoms with Gasteiger partial charge in [-0.25, -0.2) is 0 Å². The molecule has 0 saturated carbocycles. The largest absolute Gasteiger partial charge is 1.00 e. The van der Waals surface area contributed by atoms with Crippen LogP contribution in [0.15, 0.2) is 0 Å². The summed E-state index contributed by atoms with van der Waals surface area (Å²) in [5.74, 6) is 0. The number of aliphatic hydroxyl groups excluding tert-OH is 4. The van der Waals surface area contributed by atoms with Gasteiger partial charge in [0.25, 0.3) is 0 Å². The van der Waals surface area contributed by atoms with E-state index in [1.807, 2.05) is 0 Å². The third-order valence-electron chi connectivity index (χ3n) is 2.08. The van der Waals surface area contributed by atoms with Crippen molar-refractivity contribution in [2.75, 3.05) is 6.61 Å². The molecule has 1 fully saturated rings. The predicted molar refractivity (Wildman–Crippen MR) is 42.5 cm³/mol. The molecule has 0 aromatic heterocycles. The van der Waals surface area contributed by atoms with Crippen LogP contribution in [0.2, 0.25) is 0 Å². The monoisotopic (exact) mass is 281 g/mol. The molecule has 11 heteroatoms. The van der Waals surface area contributed by atoms with E-state index < -0.39 is 45.1 Å². The van der Waals surface area contributed by atoms with E-state index in [-0.39, 0.29) is 29.6 Å². The standard InChI is InChI=1S/C6H13O9P.Na/c7-1-2-3(8)4(9)5(10)6(14-2)15-16(11,12)13;/h2-10H,1H2,(H2,11,12,13);/q;+1/p-2/t2-,3-,4+,5-,6-;/m1./s1. The van der Waals surface area contributed by atoms with Gasteiger partial charge in [0.05, 0.1) is 14.4 Å². The molecule has 0 aromatic rings. The first kappa shape index (κ1) is 17.9. The second-order valence-electron chi connectivity index (χ2n) is 3.25. The summed E-state index contributed by atoms with van der Waals surface area (Å²) < 4.78 is 18.7. The number of ether oxygens (including phenoxy) is 1. The topological polar surface area (TPSA) is 163 Å². The van der Waals surface area contributed by atoms with Gasteiger partial charge in [-0.2, -0.15) is 0 Å². The molecule has 0 bridgehead atoms. The zero-order valence-corrected chi connectivity index (χ0v) is 11.8. The summed E-state index contributed by atoms with van der Waals surface area (Å²) in [5.41, 5.74) is 0. The molecule has 1 saturated heterocycles. The third-order valence-corrected chi connectivity index (χ3v) is 2.55. The van der Waals surface area contributed by atoms with Crippen LogP contribution < -0.4 is 39.3 Å². The van der Waals surface area contributed by atoms with E-state index in [0.717, 1.165) is 0 Å². The van der Waals surface area contributed by atoms with Crippen molar-refractivity contribution in [3.8, 4) is 0 Å². The van der Waals surface area contributed by atoms with Crippen LogP contribution in [0.1, 0.15) is 0 Å². The van der Waals surface area contributed by atoms with E-state index in [9.17, 15) is 29.7 Å². The van der Waals surface area contributed by atoms with Crippen molar-refractivity contribution < 1.29 is 73.6 Å². The van der Waals surface area contributed by atoms with Crippen LogP contribution in [0.25, 0.3) is 0 Å². The number of hydrogen-bond donors (Lipinski definition) is 4. The molecule has 1 rings (SSSR count). The molecule has 1 aliphatic rings. The summed E-state index contributed by atoms with van der Waals surface area (Å²) in [6.07, 6.45) is -8.61. The van der Waals surface area contributed by atoms with Gasteiger partial charge in [-0.3, -0.25) is 0 Å². The molecule has 1 heterocycles. The van der Waals surface area contributed by atoms with Crippen molar-refractivity contribution in [2.24, 2.45) is 0 Å². The molecule has 0 radical (unpaired) electrons. The van der Waals surface area contributed by atoms with Crippen LogP contribution in [0, 0.1) is 0 Å². The summed E-state index contributed by atoms with van der Waals surface area (Å²) in [4.78, 5) is 20.6. The molecular weight excluding hydrogens is 270 g/mol. The fourth-order valence-corrected chi connectivity index (χ4v) is 1.71. The molecule has 5 atom stereocenters. The van der Waals surface area contributed by atoms with Gasteiger partial charge in [0, 0.05) is 0 Å². The number of hydrogen-bond acceptors (Lipinski definition) is 9. The van der Waals surface area contributed by atoms with E-state index in [2.05, 4.69) is 9.26 Å². The molecule has 0 aliphatic carbocycles. The Balaban J connectivity index is 0.00000256. The summed E-state index contributed by atoms with van der Waals surface area (Å²) >= 11 is 0. The second-order valence-corrected chi connectivity index (χ2v) is 4.36. The molecular formula is C6H11NaO9P-. The molecule has 17 heavy (non-hydrogen) atoms. The van der Waals surface area contributed by atoms with Gasteiger partial charge < -0.3 is 44.0 Å². The Kier molecular flexibility index (Phi) is 7.27. The van der Waals surface area contributed by atoms with Gasteiger partial charge in [-0.15, -0.1) is 0 Å². The Bertz CT molecular complexity index is 281. The van der Waals surface area contributed by atoms with E-state index in [4.69, 9.17) is 5.11 Å². The Morgan fingerprint density at radius 2 is 1.71 bits per heavy atom. The average molecular weight is 281 g/mol. The molecule has 4 N–H and O–H groups in total. The molecule has 0 spiro atoms. The summed E-state index contributed by atoms with van der Waals surface area (Å²) in [5, 5.41) is 36.5. The van der Waals surface area contributed by atoms with Gasteiger partial charge >= 0.3 is 29.6 Å². The van der Waals surface area contributed by atoms with E-state index in [1.54, 1.807) is 0 Å². The minimum absolute atomic E-state index is 0. The fourth-order valence-electron chi connectivity index (χ4n) is 1.28. The zero-order valence-electron chi connectivity index (χ0n) is 8.87. The third kappa shape index (κ3) is 4.83. The van der Waals surface area contributed by atoms with Gasteiger partial charge in [0.15, 0.2) is 6.29 Å². The van der Waals surface area contributed by atoms with E-state index in [0.29, 0.717) is 0 Å². The minimum atomic E-state index is -5.41. The zero-order chi connectivity index (χ0) is 12.5. The number of aliphatic hydroxyl groups is 4. The fraction of sp³-hybridized carbons (Fsp3) is 1.00. The van der Waals surface area contributed by atoms with Crippen LogP contribution >= 0.6 is 7.82 Å². The maximum Gasteiger partial charge on any atom is 1.00 e. The van der Waals surface area contributed by atoms with Crippen molar-refractivity contribution >= 4 is 7.82 Å². The first-order valence-electron chi connectivity index (χ1n) is 4.27. The summed E-state index contributed by atoms with van der Waals surface area (Å²) in [6.45, 7) is -0.743. The Morgan fingerprint density at radius 3 is 2.12 bits per heavy atom. The van der Waals surface area contributed by atoms with Crippen LogP contribution in [-0.2, 0) is 13.8 Å². The van der Waals surface area contributed by atoms with Crippen LogP contribution in [0.4, 0.5) is 0 Å². The molecule has 96 valence electrons. The quantitative estimate of drug-likeness (QED) is 0.290. The second kappa shape index (κ2) is 6.90. The van der Waals surface area contributed by atoms with E-state index in [1.165, 1.54) is 0 Å². The normalized spacial score (nSPS) is 38.6. The van der Waals surface area contributed by atoms with Gasteiger partial charge in [-0.1, -0.05) is 0 Å². The average Bonchev–Trinajstić information content (AvgIpc) is 2.17. The molecule has 0 aromatic carbocycles.